The van der Waals surface area contributed by atoms with Gasteiger partial charge in [0.25, 0.3) is 0 Å². The Bertz CT molecular complexity index is 469. The Hall–Kier alpha value is -1.59. The van der Waals surface area contributed by atoms with Crippen LogP contribution in [0.1, 0.15) is 12.5 Å². The molecule has 0 bridgehead atoms. The molecule has 0 aliphatic carbocycles. The molecule has 2 rings (SSSR count). The predicted molar refractivity (Wildman–Crippen MR) is 87.9 cm³/mol. The van der Waals surface area contributed by atoms with Gasteiger partial charge in [-0.15, -0.1) is 0 Å². The number of rotatable bonds is 8. The fourth-order valence-electron chi connectivity index (χ4n) is 2.28. The highest BCUT2D eigenvalue weighted by Crippen LogP contribution is 2.16. The molecule has 1 aliphatic heterocycles. The average Bonchev–Trinajstić information content (AvgIpc) is 2.44. The number of nitrogens with zero attached hydrogens (tertiary/aromatic N) is 1. The Morgan fingerprint density at radius 1 is 1.36 bits per heavy atom. The van der Waals surface area contributed by atoms with E-state index in [4.69, 9.17) is 4.74 Å². The van der Waals surface area contributed by atoms with Crippen LogP contribution in [0, 0.1) is 11.8 Å². The molecule has 2 N–H and O–H groups in total. The fourth-order valence-corrected chi connectivity index (χ4v) is 2.28. The minimum absolute atomic E-state index is 0.0786. The van der Waals surface area contributed by atoms with Gasteiger partial charge in [0.1, 0.15) is 12.4 Å². The Morgan fingerprint density at radius 2 is 2.05 bits per heavy atom. The number of amides is 1. The molecule has 0 spiro atoms. The Kier molecular flexibility index (Phi) is 6.21. The molecule has 1 aromatic rings. The normalized spacial score (nSPS) is 16.2. The van der Waals surface area contributed by atoms with Gasteiger partial charge in [-0.1, -0.05) is 19.1 Å². The van der Waals surface area contributed by atoms with Crippen LogP contribution in [0.3, 0.4) is 0 Å². The van der Waals surface area contributed by atoms with Crippen LogP contribution in [0.15, 0.2) is 24.3 Å². The standard InChI is InChI=1S/C17H27N3O2/c1-13(15-11-18-12-15)17(21)19-10-14-4-6-16(7-5-14)22-9-8-20(2)3/h4-7,13,15,18H,8-12H2,1-3H3,(H,19,21). The number of carbonyl (C=O) groups is 1. The number of hydrogen-bond acceptors (Lipinski definition) is 4. The minimum Gasteiger partial charge on any atom is -0.492 e. The Morgan fingerprint density at radius 3 is 2.59 bits per heavy atom. The van der Waals surface area contributed by atoms with Crippen LogP contribution >= 0.6 is 0 Å². The molecule has 1 amide bonds. The summed E-state index contributed by atoms with van der Waals surface area (Å²) in [4.78, 5) is 14.1. The molecule has 0 aromatic heterocycles. The molecular formula is C17H27N3O2. The Labute approximate surface area is 133 Å². The predicted octanol–water partition coefficient (Wildman–Crippen LogP) is 1.10. The van der Waals surface area contributed by atoms with Crippen LogP contribution in [0.2, 0.25) is 0 Å². The maximum absolute atomic E-state index is 12.1. The number of likely N-dealkylation sites (N-methyl/N-ethyl adjacent to an activating group) is 1. The van der Waals surface area contributed by atoms with Gasteiger partial charge < -0.3 is 20.3 Å². The monoisotopic (exact) mass is 305 g/mol. The summed E-state index contributed by atoms with van der Waals surface area (Å²) in [5.41, 5.74) is 1.09. The van der Waals surface area contributed by atoms with Crippen molar-refractivity contribution < 1.29 is 9.53 Å². The number of benzene rings is 1. The summed E-state index contributed by atoms with van der Waals surface area (Å²) in [6.07, 6.45) is 0. The third-order valence-corrected chi connectivity index (χ3v) is 4.13. The van der Waals surface area contributed by atoms with Crippen molar-refractivity contribution in [3.05, 3.63) is 29.8 Å². The molecule has 122 valence electrons. The van der Waals surface area contributed by atoms with Crippen molar-refractivity contribution in [1.29, 1.82) is 0 Å². The molecule has 5 heteroatoms. The lowest BCUT2D eigenvalue weighted by Gasteiger charge is -2.31. The van der Waals surface area contributed by atoms with E-state index in [0.29, 0.717) is 19.1 Å². The first kappa shape index (κ1) is 16.8. The van der Waals surface area contributed by atoms with Crippen LogP contribution < -0.4 is 15.4 Å². The maximum atomic E-state index is 12.1. The topological polar surface area (TPSA) is 53.6 Å². The summed E-state index contributed by atoms with van der Waals surface area (Å²) in [7, 11) is 4.05. The van der Waals surface area contributed by atoms with Crippen molar-refractivity contribution in [2.24, 2.45) is 11.8 Å². The van der Waals surface area contributed by atoms with Gasteiger partial charge in [-0.3, -0.25) is 4.79 Å². The van der Waals surface area contributed by atoms with E-state index in [9.17, 15) is 4.79 Å². The zero-order chi connectivity index (χ0) is 15.9. The lowest BCUT2D eigenvalue weighted by atomic mass is 9.88. The number of ether oxygens (including phenoxy) is 1. The van der Waals surface area contributed by atoms with E-state index in [-0.39, 0.29) is 11.8 Å². The third-order valence-electron chi connectivity index (χ3n) is 4.13. The van der Waals surface area contributed by atoms with Crippen molar-refractivity contribution in [2.45, 2.75) is 13.5 Å². The van der Waals surface area contributed by atoms with Gasteiger partial charge in [-0.05, 0) is 50.8 Å². The highest BCUT2D eigenvalue weighted by Gasteiger charge is 2.28. The second-order valence-electron chi connectivity index (χ2n) is 6.22. The smallest absolute Gasteiger partial charge is 0.223 e. The van der Waals surface area contributed by atoms with Gasteiger partial charge in [0.05, 0.1) is 0 Å². The Balaban J connectivity index is 1.72. The van der Waals surface area contributed by atoms with E-state index >= 15 is 0 Å². The zero-order valence-corrected chi connectivity index (χ0v) is 13.8. The lowest BCUT2D eigenvalue weighted by molar-refractivity contribution is -0.126. The second kappa shape index (κ2) is 8.15. The number of hydrogen-bond donors (Lipinski definition) is 2. The van der Waals surface area contributed by atoms with E-state index < -0.39 is 0 Å². The zero-order valence-electron chi connectivity index (χ0n) is 13.8. The van der Waals surface area contributed by atoms with Gasteiger partial charge in [0, 0.05) is 19.0 Å². The van der Waals surface area contributed by atoms with E-state index in [2.05, 4.69) is 15.5 Å². The first-order chi connectivity index (χ1) is 10.6. The van der Waals surface area contributed by atoms with Crippen LogP contribution in [-0.2, 0) is 11.3 Å². The van der Waals surface area contributed by atoms with Crippen LogP contribution in [-0.4, -0.2) is 51.1 Å². The summed E-state index contributed by atoms with van der Waals surface area (Å²) in [5, 5.41) is 6.21. The van der Waals surface area contributed by atoms with Crippen LogP contribution in [0.4, 0.5) is 0 Å². The van der Waals surface area contributed by atoms with Crippen molar-refractivity contribution >= 4 is 5.91 Å². The number of carbonyl (C=O) groups excluding carboxylic acids is 1. The van der Waals surface area contributed by atoms with Crippen LogP contribution in [0.5, 0.6) is 5.75 Å². The van der Waals surface area contributed by atoms with Crippen LogP contribution in [0.25, 0.3) is 0 Å². The van der Waals surface area contributed by atoms with E-state index in [1.807, 2.05) is 45.3 Å². The summed E-state index contributed by atoms with van der Waals surface area (Å²) < 4.78 is 5.65. The molecule has 1 atom stereocenters. The van der Waals surface area contributed by atoms with E-state index in [1.54, 1.807) is 0 Å². The highest BCUT2D eigenvalue weighted by molar-refractivity contribution is 5.78. The molecule has 1 aromatic carbocycles. The number of nitrogens with one attached hydrogen (secondary N) is 2. The van der Waals surface area contributed by atoms with Gasteiger partial charge >= 0.3 is 0 Å². The summed E-state index contributed by atoms with van der Waals surface area (Å²) >= 11 is 0. The van der Waals surface area contributed by atoms with Gasteiger partial charge in [0.15, 0.2) is 0 Å². The first-order valence-electron chi connectivity index (χ1n) is 7.91. The second-order valence-corrected chi connectivity index (χ2v) is 6.22. The van der Waals surface area contributed by atoms with Gasteiger partial charge in [-0.2, -0.15) is 0 Å². The lowest BCUT2D eigenvalue weighted by Crippen LogP contribution is -2.49. The molecule has 1 saturated heterocycles. The molecule has 1 fully saturated rings. The third kappa shape index (κ3) is 5.00. The summed E-state index contributed by atoms with van der Waals surface area (Å²) in [5.74, 6) is 1.56. The first-order valence-corrected chi connectivity index (χ1v) is 7.91. The van der Waals surface area contributed by atoms with Crippen molar-refractivity contribution in [3.63, 3.8) is 0 Å². The van der Waals surface area contributed by atoms with Crippen molar-refractivity contribution in [1.82, 2.24) is 15.5 Å². The molecular weight excluding hydrogens is 278 g/mol. The van der Waals surface area contributed by atoms with E-state index in [1.165, 1.54) is 0 Å². The minimum atomic E-state index is 0.0786. The molecule has 5 nitrogen and oxygen atoms in total. The summed E-state index contributed by atoms with van der Waals surface area (Å²) in [6.45, 7) is 6.05. The largest absolute Gasteiger partial charge is 0.492 e. The maximum Gasteiger partial charge on any atom is 0.223 e. The quantitative estimate of drug-likeness (QED) is 0.755. The van der Waals surface area contributed by atoms with E-state index in [0.717, 1.165) is 30.9 Å². The molecule has 1 heterocycles. The molecule has 1 unspecified atom stereocenters. The SMILES string of the molecule is CC(C(=O)NCc1ccc(OCCN(C)C)cc1)C1CNC1. The molecule has 22 heavy (non-hydrogen) atoms. The fraction of sp³-hybridized carbons (Fsp3) is 0.588. The van der Waals surface area contributed by atoms with Gasteiger partial charge in [-0.25, -0.2) is 0 Å². The molecule has 0 radical (unpaired) electrons. The highest BCUT2D eigenvalue weighted by atomic mass is 16.5. The van der Waals surface area contributed by atoms with Gasteiger partial charge in [0.2, 0.25) is 5.91 Å². The average molecular weight is 305 g/mol. The van der Waals surface area contributed by atoms with Crippen molar-refractivity contribution in [2.75, 3.05) is 40.3 Å². The summed E-state index contributed by atoms with van der Waals surface area (Å²) in [6, 6.07) is 7.91. The molecule has 1 aliphatic rings. The van der Waals surface area contributed by atoms with Crippen molar-refractivity contribution in [3.8, 4) is 5.75 Å². The molecule has 0 saturated carbocycles.